The van der Waals surface area contributed by atoms with Crippen molar-refractivity contribution < 1.29 is 18.3 Å². The van der Waals surface area contributed by atoms with Gasteiger partial charge in [-0.3, -0.25) is 4.79 Å². The topological polar surface area (TPSA) is 97.5 Å². The highest BCUT2D eigenvalue weighted by atomic mass is 32.2. The van der Waals surface area contributed by atoms with Crippen molar-refractivity contribution in [2.24, 2.45) is 5.73 Å². The van der Waals surface area contributed by atoms with Crippen molar-refractivity contribution >= 4 is 15.8 Å². The van der Waals surface area contributed by atoms with Crippen LogP contribution in [0.5, 0.6) is 0 Å². The van der Waals surface area contributed by atoms with E-state index in [0.717, 1.165) is 5.56 Å². The fourth-order valence-corrected chi connectivity index (χ4v) is 3.16. The maximum absolute atomic E-state index is 12.0. The number of hydrogen-bond acceptors (Lipinski definition) is 4. The van der Waals surface area contributed by atoms with Gasteiger partial charge in [-0.15, -0.1) is 0 Å². The number of carbonyl (C=O) groups is 1. The van der Waals surface area contributed by atoms with Gasteiger partial charge in [-0.1, -0.05) is 12.1 Å². The number of rotatable bonds is 4. The monoisotopic (exact) mass is 257 g/mol. The van der Waals surface area contributed by atoms with Gasteiger partial charge in [0.05, 0.1) is 10.6 Å². The molecule has 1 aromatic rings. The highest BCUT2D eigenvalue weighted by Gasteiger charge is 2.24. The second-order valence-electron chi connectivity index (χ2n) is 4.00. The molecule has 1 atom stereocenters. The van der Waals surface area contributed by atoms with Crippen molar-refractivity contribution in [2.75, 3.05) is 5.75 Å². The van der Waals surface area contributed by atoms with Crippen molar-refractivity contribution in [3.8, 4) is 0 Å². The third-order valence-electron chi connectivity index (χ3n) is 2.39. The third-order valence-corrected chi connectivity index (χ3v) is 4.30. The molecule has 0 amide bonds. The van der Waals surface area contributed by atoms with Gasteiger partial charge in [0.15, 0.2) is 9.84 Å². The summed E-state index contributed by atoms with van der Waals surface area (Å²) in [6, 6.07) is 3.61. The highest BCUT2D eigenvalue weighted by molar-refractivity contribution is 7.91. The summed E-state index contributed by atoms with van der Waals surface area (Å²) in [5.74, 6) is -1.91. The van der Waals surface area contributed by atoms with E-state index in [4.69, 9.17) is 10.8 Å². The van der Waals surface area contributed by atoms with Crippen molar-refractivity contribution in [2.45, 2.75) is 24.8 Å². The minimum Gasteiger partial charge on any atom is -0.480 e. The van der Waals surface area contributed by atoms with Crippen molar-refractivity contribution in [3.05, 3.63) is 29.3 Å². The van der Waals surface area contributed by atoms with Crippen molar-refractivity contribution in [1.82, 2.24) is 0 Å². The number of sulfone groups is 1. The number of aliphatic carboxylic acids is 1. The van der Waals surface area contributed by atoms with Gasteiger partial charge < -0.3 is 10.8 Å². The lowest BCUT2D eigenvalue weighted by atomic mass is 10.2. The van der Waals surface area contributed by atoms with Crippen molar-refractivity contribution in [1.29, 1.82) is 0 Å². The minimum atomic E-state index is -3.66. The molecule has 3 N–H and O–H groups in total. The number of nitrogens with two attached hydrogens (primary N) is 1. The van der Waals surface area contributed by atoms with Crippen LogP contribution in [-0.2, 0) is 14.6 Å². The molecule has 1 rings (SSSR count). The van der Waals surface area contributed by atoms with E-state index in [1.807, 2.05) is 0 Å². The fourth-order valence-electron chi connectivity index (χ4n) is 1.44. The zero-order valence-electron chi connectivity index (χ0n) is 9.67. The molecule has 0 aliphatic rings. The van der Waals surface area contributed by atoms with Crippen LogP contribution in [0.25, 0.3) is 0 Å². The predicted octanol–water partition coefficient (Wildman–Crippen LogP) is 0.489. The maximum atomic E-state index is 12.0. The number of benzene rings is 1. The van der Waals surface area contributed by atoms with Gasteiger partial charge in [0, 0.05) is 0 Å². The maximum Gasteiger partial charge on any atom is 0.321 e. The molecule has 0 saturated carbocycles. The average Bonchev–Trinajstić information content (AvgIpc) is 2.20. The molecular weight excluding hydrogens is 242 g/mol. The van der Waals surface area contributed by atoms with Gasteiger partial charge in [0.2, 0.25) is 0 Å². The predicted molar refractivity (Wildman–Crippen MR) is 63.6 cm³/mol. The average molecular weight is 257 g/mol. The second kappa shape index (κ2) is 4.85. The molecule has 0 spiro atoms. The first-order valence-electron chi connectivity index (χ1n) is 5.02. The molecule has 0 fully saturated rings. The Balaban J connectivity index is 3.13. The zero-order chi connectivity index (χ0) is 13.2. The van der Waals surface area contributed by atoms with Gasteiger partial charge in [-0.05, 0) is 31.0 Å². The fraction of sp³-hybridized carbons (Fsp3) is 0.364. The van der Waals surface area contributed by atoms with Crippen LogP contribution in [0, 0.1) is 13.8 Å². The SMILES string of the molecule is Cc1ccc(C)c(S(=O)(=O)CC(N)C(=O)O)c1. The summed E-state index contributed by atoms with van der Waals surface area (Å²) >= 11 is 0. The molecule has 1 unspecified atom stereocenters. The smallest absolute Gasteiger partial charge is 0.321 e. The molecule has 6 heteroatoms. The molecule has 0 aromatic heterocycles. The summed E-state index contributed by atoms with van der Waals surface area (Å²) in [5.41, 5.74) is 6.64. The summed E-state index contributed by atoms with van der Waals surface area (Å²) in [5, 5.41) is 8.63. The summed E-state index contributed by atoms with van der Waals surface area (Å²) in [6.45, 7) is 3.44. The van der Waals surface area contributed by atoms with E-state index >= 15 is 0 Å². The quantitative estimate of drug-likeness (QED) is 0.818. The molecular formula is C11H15NO4S. The molecule has 1 aromatic carbocycles. The molecule has 0 saturated heterocycles. The standard InChI is InChI=1S/C11H15NO4S/c1-7-3-4-8(2)10(5-7)17(15,16)6-9(12)11(13)14/h3-5,9H,6,12H2,1-2H3,(H,13,14). The molecule has 5 nitrogen and oxygen atoms in total. The second-order valence-corrected chi connectivity index (χ2v) is 6.00. The van der Waals surface area contributed by atoms with Crippen LogP contribution in [0.1, 0.15) is 11.1 Å². The molecule has 0 aliphatic heterocycles. The Morgan fingerprint density at radius 2 is 2.00 bits per heavy atom. The third kappa shape index (κ3) is 3.28. The number of hydrogen-bond donors (Lipinski definition) is 2. The van der Waals surface area contributed by atoms with Gasteiger partial charge in [-0.25, -0.2) is 8.42 Å². The van der Waals surface area contributed by atoms with E-state index in [-0.39, 0.29) is 4.90 Å². The van der Waals surface area contributed by atoms with Crippen LogP contribution in [0.15, 0.2) is 23.1 Å². The molecule has 94 valence electrons. The van der Waals surface area contributed by atoms with E-state index in [0.29, 0.717) is 5.56 Å². The van der Waals surface area contributed by atoms with Gasteiger partial charge in [0.25, 0.3) is 0 Å². The van der Waals surface area contributed by atoms with E-state index in [1.165, 1.54) is 6.07 Å². The normalized spacial score (nSPS) is 13.4. The molecule has 0 aliphatic carbocycles. The Labute approximate surface area is 100 Å². The van der Waals surface area contributed by atoms with Crippen LogP contribution in [0.4, 0.5) is 0 Å². The van der Waals surface area contributed by atoms with Crippen LogP contribution in [0.2, 0.25) is 0 Å². The van der Waals surface area contributed by atoms with Crippen LogP contribution < -0.4 is 5.73 Å². The minimum absolute atomic E-state index is 0.147. The van der Waals surface area contributed by atoms with Crippen LogP contribution in [0.3, 0.4) is 0 Å². The summed E-state index contributed by atoms with van der Waals surface area (Å²) in [6.07, 6.45) is 0. The number of carboxylic acids is 1. The number of aryl methyl sites for hydroxylation is 2. The zero-order valence-corrected chi connectivity index (χ0v) is 10.5. The Kier molecular flexibility index (Phi) is 3.90. The van der Waals surface area contributed by atoms with E-state index < -0.39 is 27.6 Å². The first kappa shape index (κ1) is 13.7. The summed E-state index contributed by atoms with van der Waals surface area (Å²) < 4.78 is 24.0. The first-order chi connectivity index (χ1) is 7.74. The number of carboxylic acid groups (broad SMARTS) is 1. The summed E-state index contributed by atoms with van der Waals surface area (Å²) in [4.78, 5) is 10.7. The van der Waals surface area contributed by atoms with E-state index in [1.54, 1.807) is 26.0 Å². The van der Waals surface area contributed by atoms with Crippen molar-refractivity contribution in [3.63, 3.8) is 0 Å². The first-order valence-corrected chi connectivity index (χ1v) is 6.67. The Hall–Kier alpha value is -1.40. The lowest BCUT2D eigenvalue weighted by Gasteiger charge is -2.10. The lowest BCUT2D eigenvalue weighted by Crippen LogP contribution is -2.37. The van der Waals surface area contributed by atoms with Gasteiger partial charge in [0.1, 0.15) is 6.04 Å². The van der Waals surface area contributed by atoms with Crippen LogP contribution in [-0.4, -0.2) is 31.3 Å². The largest absolute Gasteiger partial charge is 0.480 e. The molecule has 0 heterocycles. The lowest BCUT2D eigenvalue weighted by molar-refractivity contribution is -0.137. The highest BCUT2D eigenvalue weighted by Crippen LogP contribution is 2.18. The van der Waals surface area contributed by atoms with E-state index in [2.05, 4.69) is 0 Å². The Morgan fingerprint density at radius 3 is 2.53 bits per heavy atom. The Morgan fingerprint density at radius 1 is 1.41 bits per heavy atom. The molecule has 0 radical (unpaired) electrons. The van der Waals surface area contributed by atoms with Crippen LogP contribution >= 0.6 is 0 Å². The molecule has 0 bridgehead atoms. The van der Waals surface area contributed by atoms with E-state index in [9.17, 15) is 13.2 Å². The van der Waals surface area contributed by atoms with Gasteiger partial charge >= 0.3 is 5.97 Å². The summed E-state index contributed by atoms with van der Waals surface area (Å²) in [7, 11) is -3.66. The van der Waals surface area contributed by atoms with Gasteiger partial charge in [-0.2, -0.15) is 0 Å². The molecule has 17 heavy (non-hydrogen) atoms. The Bertz CT molecular complexity index is 536.